The molecule has 0 radical (unpaired) electrons. The van der Waals surface area contributed by atoms with Crippen LogP contribution in [0, 0.1) is 0 Å². The van der Waals surface area contributed by atoms with Gasteiger partial charge in [0.2, 0.25) is 5.96 Å². The number of carbonyl (C=O) groups excluding carboxylic acids is 2. The lowest BCUT2D eigenvalue weighted by Gasteiger charge is -2.35. The van der Waals surface area contributed by atoms with Gasteiger partial charge in [-0.05, 0) is 26.3 Å². The van der Waals surface area contributed by atoms with Crippen LogP contribution in [0.1, 0.15) is 45.4 Å². The number of nitrogens with one attached hydrogen (secondary N) is 2. The second-order valence-electron chi connectivity index (χ2n) is 7.99. The maximum atomic E-state index is 12.6. The maximum absolute atomic E-state index is 12.6. The van der Waals surface area contributed by atoms with Crippen LogP contribution >= 0.6 is 0 Å². The summed E-state index contributed by atoms with van der Waals surface area (Å²) in [5.41, 5.74) is -0.684. The first-order valence-corrected chi connectivity index (χ1v) is 10.4. The van der Waals surface area contributed by atoms with Gasteiger partial charge in [-0.3, -0.25) is 10.1 Å². The molecule has 2 N–H and O–H groups in total. The van der Waals surface area contributed by atoms with E-state index >= 15 is 0 Å². The van der Waals surface area contributed by atoms with Crippen molar-refractivity contribution in [1.29, 1.82) is 0 Å². The van der Waals surface area contributed by atoms with Crippen LogP contribution in [0.4, 0.5) is 4.79 Å². The molecule has 0 aromatic heterocycles. The number of nitrogens with zero attached hydrogens (tertiary/aromatic N) is 4. The van der Waals surface area contributed by atoms with E-state index < -0.39 is 5.54 Å². The molecule has 0 unspecified atom stereocenters. The number of carbonyl (C=O) groups is 2. The van der Waals surface area contributed by atoms with Crippen LogP contribution in [0.25, 0.3) is 0 Å². The number of piperazine rings is 1. The molecule has 0 aliphatic carbocycles. The number of rotatable bonds is 5. The number of likely N-dealkylation sites (N-methyl/N-ethyl adjacent to an activating group) is 1. The van der Waals surface area contributed by atoms with Crippen molar-refractivity contribution >= 4 is 17.9 Å². The Hall–Kier alpha value is -1.83. The molecular weight excluding hydrogens is 344 g/mol. The summed E-state index contributed by atoms with van der Waals surface area (Å²) in [6, 6.07) is -0.0111. The second kappa shape index (κ2) is 8.91. The number of likely N-dealkylation sites (tertiary alicyclic amines) is 1. The Morgan fingerprint density at radius 1 is 1.11 bits per heavy atom. The van der Waals surface area contributed by atoms with E-state index in [1.54, 1.807) is 0 Å². The third-order valence-corrected chi connectivity index (χ3v) is 5.96. The van der Waals surface area contributed by atoms with Crippen molar-refractivity contribution in [3.05, 3.63) is 0 Å². The minimum absolute atomic E-state index is 0.00366. The Labute approximate surface area is 162 Å². The SMILES string of the molecule is CCCCCCNC(=O)N1CCC2(CC1)N=C(N1CCN(C)CC1)NC2=O. The Morgan fingerprint density at radius 2 is 1.81 bits per heavy atom. The molecule has 1 spiro atoms. The van der Waals surface area contributed by atoms with Gasteiger partial charge in [0.05, 0.1) is 0 Å². The lowest BCUT2D eigenvalue weighted by molar-refractivity contribution is -0.125. The Morgan fingerprint density at radius 3 is 2.48 bits per heavy atom. The topological polar surface area (TPSA) is 80.3 Å². The van der Waals surface area contributed by atoms with Crippen LogP contribution in [-0.4, -0.2) is 91.0 Å². The molecule has 0 saturated carbocycles. The molecule has 3 rings (SSSR count). The van der Waals surface area contributed by atoms with Gasteiger partial charge in [-0.2, -0.15) is 0 Å². The number of urea groups is 1. The van der Waals surface area contributed by atoms with Gasteiger partial charge < -0.3 is 20.0 Å². The number of guanidine groups is 1. The highest BCUT2D eigenvalue weighted by atomic mass is 16.2. The fourth-order valence-electron chi connectivity index (χ4n) is 3.94. The largest absolute Gasteiger partial charge is 0.340 e. The second-order valence-corrected chi connectivity index (χ2v) is 7.99. The normalized spacial score (nSPS) is 22.7. The summed E-state index contributed by atoms with van der Waals surface area (Å²) in [6.45, 7) is 7.80. The highest BCUT2D eigenvalue weighted by Gasteiger charge is 2.47. The summed E-state index contributed by atoms with van der Waals surface area (Å²) in [5.74, 6) is 0.720. The fourth-order valence-corrected chi connectivity index (χ4v) is 3.94. The van der Waals surface area contributed by atoms with E-state index in [1.165, 1.54) is 12.8 Å². The van der Waals surface area contributed by atoms with E-state index in [0.717, 1.165) is 51.5 Å². The zero-order valence-electron chi connectivity index (χ0n) is 16.8. The van der Waals surface area contributed by atoms with Crippen molar-refractivity contribution in [3.8, 4) is 0 Å². The van der Waals surface area contributed by atoms with Gasteiger partial charge in [-0.1, -0.05) is 26.2 Å². The minimum Gasteiger partial charge on any atom is -0.340 e. The molecule has 152 valence electrons. The van der Waals surface area contributed by atoms with E-state index in [2.05, 4.69) is 34.4 Å². The van der Waals surface area contributed by atoms with Gasteiger partial charge in [-0.25, -0.2) is 9.79 Å². The van der Waals surface area contributed by atoms with E-state index in [-0.39, 0.29) is 11.9 Å². The first-order chi connectivity index (χ1) is 13.0. The van der Waals surface area contributed by atoms with Crippen molar-refractivity contribution < 1.29 is 9.59 Å². The van der Waals surface area contributed by atoms with Crippen LogP contribution < -0.4 is 10.6 Å². The molecule has 3 heterocycles. The number of aliphatic imine (C=N–C) groups is 1. The predicted molar refractivity (Wildman–Crippen MR) is 106 cm³/mol. The van der Waals surface area contributed by atoms with E-state index in [9.17, 15) is 9.59 Å². The lowest BCUT2D eigenvalue weighted by atomic mass is 9.88. The number of hydrogen-bond acceptors (Lipinski definition) is 5. The molecule has 8 heteroatoms. The molecule has 3 aliphatic heterocycles. The van der Waals surface area contributed by atoms with Gasteiger partial charge in [0.1, 0.15) is 5.54 Å². The van der Waals surface area contributed by atoms with Crippen molar-refractivity contribution in [3.63, 3.8) is 0 Å². The third-order valence-electron chi connectivity index (χ3n) is 5.96. The van der Waals surface area contributed by atoms with Gasteiger partial charge in [0, 0.05) is 45.8 Å². The Bertz CT molecular complexity index is 563. The molecule has 0 atom stereocenters. The summed E-state index contributed by atoms with van der Waals surface area (Å²) < 4.78 is 0. The molecule has 27 heavy (non-hydrogen) atoms. The van der Waals surface area contributed by atoms with Gasteiger partial charge in [-0.15, -0.1) is 0 Å². The molecule has 3 amide bonds. The van der Waals surface area contributed by atoms with Gasteiger partial charge >= 0.3 is 6.03 Å². The third kappa shape index (κ3) is 4.72. The summed E-state index contributed by atoms with van der Waals surface area (Å²) in [7, 11) is 2.11. The predicted octanol–water partition coefficient (Wildman–Crippen LogP) is 0.844. The average Bonchev–Trinajstić information content (AvgIpc) is 2.98. The summed E-state index contributed by atoms with van der Waals surface area (Å²) >= 11 is 0. The van der Waals surface area contributed by atoms with Crippen LogP contribution in [0.15, 0.2) is 4.99 Å². The van der Waals surface area contributed by atoms with Crippen molar-refractivity contribution in [2.75, 3.05) is 52.9 Å². The van der Waals surface area contributed by atoms with Crippen LogP contribution in [-0.2, 0) is 4.79 Å². The quantitative estimate of drug-likeness (QED) is 0.695. The molecule has 0 bridgehead atoms. The average molecular weight is 379 g/mol. The molecule has 8 nitrogen and oxygen atoms in total. The van der Waals surface area contributed by atoms with Crippen molar-refractivity contribution in [2.24, 2.45) is 4.99 Å². The fraction of sp³-hybridized carbons (Fsp3) is 0.842. The lowest BCUT2D eigenvalue weighted by Crippen LogP contribution is -2.53. The Balaban J connectivity index is 1.48. The standard InChI is InChI=1S/C19H34N6O2/c1-3-4-5-6-9-20-18(27)25-10-7-19(8-11-25)16(26)21-17(22-19)24-14-12-23(2)13-15-24/h3-15H2,1-2H3,(H,20,27)(H,21,22,26). The van der Waals surface area contributed by atoms with E-state index in [1.807, 2.05) is 4.90 Å². The summed E-state index contributed by atoms with van der Waals surface area (Å²) in [5, 5.41) is 6.00. The molecule has 2 saturated heterocycles. The van der Waals surface area contributed by atoms with Gasteiger partial charge in [0.15, 0.2) is 0 Å². The molecular formula is C19H34N6O2. The number of unbranched alkanes of at least 4 members (excludes halogenated alkanes) is 3. The van der Waals surface area contributed by atoms with Crippen molar-refractivity contribution in [2.45, 2.75) is 51.0 Å². The van der Waals surface area contributed by atoms with E-state index in [4.69, 9.17) is 4.99 Å². The van der Waals surface area contributed by atoms with Crippen LogP contribution in [0.2, 0.25) is 0 Å². The monoisotopic (exact) mass is 378 g/mol. The van der Waals surface area contributed by atoms with Crippen LogP contribution in [0.5, 0.6) is 0 Å². The Kier molecular flexibility index (Phi) is 6.57. The number of amides is 3. The van der Waals surface area contributed by atoms with E-state index in [0.29, 0.717) is 25.9 Å². The zero-order valence-corrected chi connectivity index (χ0v) is 16.8. The zero-order chi connectivity index (χ0) is 19.3. The number of piperidine rings is 1. The number of hydrogen-bond donors (Lipinski definition) is 2. The van der Waals surface area contributed by atoms with Crippen molar-refractivity contribution in [1.82, 2.24) is 25.3 Å². The highest BCUT2D eigenvalue weighted by Crippen LogP contribution is 2.30. The van der Waals surface area contributed by atoms with Crippen LogP contribution in [0.3, 0.4) is 0 Å². The molecule has 0 aromatic carbocycles. The molecule has 3 aliphatic rings. The molecule has 2 fully saturated rings. The maximum Gasteiger partial charge on any atom is 0.317 e. The van der Waals surface area contributed by atoms with Gasteiger partial charge in [0.25, 0.3) is 5.91 Å². The molecule has 0 aromatic rings. The first kappa shape index (κ1) is 19.9. The highest BCUT2D eigenvalue weighted by molar-refractivity contribution is 6.07. The summed E-state index contributed by atoms with van der Waals surface area (Å²) in [4.78, 5) is 36.0. The smallest absolute Gasteiger partial charge is 0.317 e. The summed E-state index contributed by atoms with van der Waals surface area (Å²) in [6.07, 6.45) is 5.78. The first-order valence-electron chi connectivity index (χ1n) is 10.4. The minimum atomic E-state index is -0.684.